The molecule has 0 fully saturated rings. The van der Waals surface area contributed by atoms with Crippen LogP contribution in [0.2, 0.25) is 0 Å². The smallest absolute Gasteiger partial charge is 0.338 e. The number of thioether (sulfide) groups is 1. The number of imidazole rings is 1. The summed E-state index contributed by atoms with van der Waals surface area (Å²) in [5, 5.41) is 0.751. The Bertz CT molecular complexity index is 799. The van der Waals surface area contributed by atoms with Crippen molar-refractivity contribution in [2.24, 2.45) is 0 Å². The zero-order valence-corrected chi connectivity index (χ0v) is 12.6. The van der Waals surface area contributed by atoms with Gasteiger partial charge in [0.1, 0.15) is 5.82 Å². The SMILES string of the molecule is COC(=O)c1cc(F)ccc1CSc1nc2ccccc2[nH]1. The lowest BCUT2D eigenvalue weighted by Gasteiger charge is -2.07. The lowest BCUT2D eigenvalue weighted by molar-refractivity contribution is 0.0599. The van der Waals surface area contributed by atoms with Crippen molar-refractivity contribution in [1.29, 1.82) is 0 Å². The van der Waals surface area contributed by atoms with E-state index in [0.29, 0.717) is 11.3 Å². The van der Waals surface area contributed by atoms with Crippen LogP contribution in [0.5, 0.6) is 0 Å². The Morgan fingerprint density at radius 1 is 1.32 bits per heavy atom. The first-order valence-corrected chi connectivity index (χ1v) is 7.60. The summed E-state index contributed by atoms with van der Waals surface area (Å²) in [6, 6.07) is 11.9. The first-order valence-electron chi connectivity index (χ1n) is 6.61. The van der Waals surface area contributed by atoms with E-state index in [-0.39, 0.29) is 5.56 Å². The molecular formula is C16H13FN2O2S. The summed E-state index contributed by atoms with van der Waals surface area (Å²) in [5.74, 6) is -0.512. The van der Waals surface area contributed by atoms with Crippen molar-refractivity contribution < 1.29 is 13.9 Å². The van der Waals surface area contributed by atoms with E-state index < -0.39 is 11.8 Å². The second-order valence-corrected chi connectivity index (χ2v) is 5.60. The van der Waals surface area contributed by atoms with Gasteiger partial charge in [-0.3, -0.25) is 0 Å². The number of fused-ring (bicyclic) bond motifs is 1. The molecule has 1 heterocycles. The molecule has 0 spiro atoms. The molecule has 3 aromatic rings. The van der Waals surface area contributed by atoms with Crippen molar-refractivity contribution in [3.63, 3.8) is 0 Å². The topological polar surface area (TPSA) is 55.0 Å². The number of nitrogens with zero attached hydrogens (tertiary/aromatic N) is 1. The number of hydrogen-bond donors (Lipinski definition) is 1. The Morgan fingerprint density at radius 2 is 2.14 bits per heavy atom. The maximum atomic E-state index is 13.3. The Labute approximate surface area is 130 Å². The van der Waals surface area contributed by atoms with E-state index in [0.717, 1.165) is 16.2 Å². The van der Waals surface area contributed by atoms with Gasteiger partial charge in [0.15, 0.2) is 5.16 Å². The van der Waals surface area contributed by atoms with Gasteiger partial charge in [-0.2, -0.15) is 0 Å². The van der Waals surface area contributed by atoms with Crippen LogP contribution in [0, 0.1) is 5.82 Å². The van der Waals surface area contributed by atoms with Gasteiger partial charge < -0.3 is 9.72 Å². The summed E-state index contributed by atoms with van der Waals surface area (Å²) in [7, 11) is 1.28. The number of hydrogen-bond acceptors (Lipinski definition) is 4. The molecule has 1 N–H and O–H groups in total. The monoisotopic (exact) mass is 316 g/mol. The number of esters is 1. The van der Waals surface area contributed by atoms with Gasteiger partial charge >= 0.3 is 5.97 Å². The van der Waals surface area contributed by atoms with Crippen LogP contribution in [0.25, 0.3) is 11.0 Å². The fourth-order valence-corrected chi connectivity index (χ4v) is 3.01. The van der Waals surface area contributed by atoms with E-state index in [1.165, 1.54) is 31.0 Å². The number of carbonyl (C=O) groups is 1. The first-order chi connectivity index (χ1) is 10.7. The molecule has 0 radical (unpaired) electrons. The molecule has 2 aromatic carbocycles. The van der Waals surface area contributed by atoms with Crippen molar-refractivity contribution in [1.82, 2.24) is 9.97 Å². The number of aromatic nitrogens is 2. The fourth-order valence-electron chi connectivity index (χ4n) is 2.12. The number of ether oxygens (including phenoxy) is 1. The molecule has 112 valence electrons. The van der Waals surface area contributed by atoms with Gasteiger partial charge in [0, 0.05) is 5.75 Å². The predicted molar refractivity (Wildman–Crippen MR) is 83.4 cm³/mol. The molecule has 0 amide bonds. The number of nitrogens with one attached hydrogen (secondary N) is 1. The molecule has 0 aliphatic heterocycles. The highest BCUT2D eigenvalue weighted by molar-refractivity contribution is 7.98. The second kappa shape index (κ2) is 6.19. The highest BCUT2D eigenvalue weighted by Gasteiger charge is 2.14. The van der Waals surface area contributed by atoms with Crippen LogP contribution in [0.15, 0.2) is 47.6 Å². The summed E-state index contributed by atoms with van der Waals surface area (Å²) in [6.07, 6.45) is 0. The summed E-state index contributed by atoms with van der Waals surface area (Å²) in [6.45, 7) is 0. The lowest BCUT2D eigenvalue weighted by atomic mass is 10.1. The molecule has 1 aromatic heterocycles. The fraction of sp³-hybridized carbons (Fsp3) is 0.125. The Morgan fingerprint density at radius 3 is 2.91 bits per heavy atom. The van der Waals surface area contributed by atoms with Crippen molar-refractivity contribution in [3.8, 4) is 0 Å². The molecule has 0 unspecified atom stereocenters. The second-order valence-electron chi connectivity index (χ2n) is 4.64. The van der Waals surface area contributed by atoms with E-state index >= 15 is 0 Å². The van der Waals surface area contributed by atoms with Crippen LogP contribution in [-0.2, 0) is 10.5 Å². The van der Waals surface area contributed by atoms with Crippen LogP contribution in [0.4, 0.5) is 4.39 Å². The summed E-state index contributed by atoms with van der Waals surface area (Å²) in [4.78, 5) is 19.4. The third kappa shape index (κ3) is 2.96. The minimum absolute atomic E-state index is 0.242. The lowest BCUT2D eigenvalue weighted by Crippen LogP contribution is -2.05. The van der Waals surface area contributed by atoms with Crippen LogP contribution in [-0.4, -0.2) is 23.0 Å². The van der Waals surface area contributed by atoms with E-state index in [9.17, 15) is 9.18 Å². The third-order valence-electron chi connectivity index (χ3n) is 3.21. The molecule has 0 atom stereocenters. The summed E-state index contributed by atoms with van der Waals surface area (Å²) in [5.41, 5.74) is 2.79. The quantitative estimate of drug-likeness (QED) is 0.588. The Hall–Kier alpha value is -2.34. The third-order valence-corrected chi connectivity index (χ3v) is 4.13. The van der Waals surface area contributed by atoms with E-state index in [1.54, 1.807) is 6.07 Å². The van der Waals surface area contributed by atoms with Gasteiger partial charge in [-0.25, -0.2) is 14.2 Å². The minimum atomic E-state index is -0.542. The summed E-state index contributed by atoms with van der Waals surface area (Å²) < 4.78 is 18.0. The number of halogens is 1. The van der Waals surface area contributed by atoms with Gasteiger partial charge in [-0.15, -0.1) is 0 Å². The normalized spacial score (nSPS) is 10.8. The molecule has 6 heteroatoms. The highest BCUT2D eigenvalue weighted by Crippen LogP contribution is 2.25. The van der Waals surface area contributed by atoms with Crippen molar-refractivity contribution >= 4 is 28.8 Å². The van der Waals surface area contributed by atoms with Gasteiger partial charge in [-0.05, 0) is 29.8 Å². The predicted octanol–water partition coefficient (Wildman–Crippen LogP) is 3.78. The van der Waals surface area contributed by atoms with Crippen molar-refractivity contribution in [2.75, 3.05) is 7.11 Å². The average Bonchev–Trinajstić information content (AvgIpc) is 2.95. The molecule has 0 saturated carbocycles. The number of rotatable bonds is 4. The van der Waals surface area contributed by atoms with Gasteiger partial charge in [0.2, 0.25) is 0 Å². The maximum absolute atomic E-state index is 13.3. The highest BCUT2D eigenvalue weighted by atomic mass is 32.2. The number of carbonyl (C=O) groups excluding carboxylic acids is 1. The molecule has 22 heavy (non-hydrogen) atoms. The molecule has 0 bridgehead atoms. The van der Waals surface area contributed by atoms with Gasteiger partial charge in [0.05, 0.1) is 23.7 Å². The van der Waals surface area contributed by atoms with Crippen LogP contribution >= 0.6 is 11.8 Å². The van der Waals surface area contributed by atoms with Crippen molar-refractivity contribution in [2.45, 2.75) is 10.9 Å². The molecule has 3 rings (SSSR count). The van der Waals surface area contributed by atoms with E-state index in [1.807, 2.05) is 24.3 Å². The molecule has 0 aliphatic rings. The van der Waals surface area contributed by atoms with Crippen LogP contribution < -0.4 is 0 Å². The zero-order valence-electron chi connectivity index (χ0n) is 11.8. The first kappa shape index (κ1) is 14.6. The van der Waals surface area contributed by atoms with E-state index in [2.05, 4.69) is 9.97 Å². The number of aromatic amines is 1. The maximum Gasteiger partial charge on any atom is 0.338 e. The molecule has 4 nitrogen and oxygen atoms in total. The zero-order chi connectivity index (χ0) is 15.5. The minimum Gasteiger partial charge on any atom is -0.465 e. The van der Waals surface area contributed by atoms with Crippen LogP contribution in [0.3, 0.4) is 0 Å². The van der Waals surface area contributed by atoms with Crippen LogP contribution in [0.1, 0.15) is 15.9 Å². The van der Waals surface area contributed by atoms with E-state index in [4.69, 9.17) is 4.74 Å². The number of H-pyrrole nitrogens is 1. The van der Waals surface area contributed by atoms with Crippen molar-refractivity contribution in [3.05, 3.63) is 59.4 Å². The number of methoxy groups -OCH3 is 1. The number of benzene rings is 2. The Kier molecular flexibility index (Phi) is 4.11. The Balaban J connectivity index is 1.82. The molecular weight excluding hydrogens is 303 g/mol. The number of para-hydroxylation sites is 2. The van der Waals surface area contributed by atoms with Gasteiger partial charge in [-0.1, -0.05) is 30.0 Å². The van der Waals surface area contributed by atoms with Gasteiger partial charge in [0.25, 0.3) is 0 Å². The summed E-state index contributed by atoms with van der Waals surface area (Å²) >= 11 is 1.45. The molecule has 0 aliphatic carbocycles. The molecule has 0 saturated heterocycles. The average molecular weight is 316 g/mol. The standard InChI is InChI=1S/C16H13FN2O2S/c1-21-15(20)12-8-11(17)7-6-10(12)9-22-16-18-13-4-2-3-5-14(13)19-16/h2-8H,9H2,1H3,(H,18,19). The largest absolute Gasteiger partial charge is 0.465 e.